The van der Waals surface area contributed by atoms with Crippen LogP contribution in [-0.4, -0.2) is 23.6 Å². The van der Waals surface area contributed by atoms with Crippen LogP contribution in [0.15, 0.2) is 35.5 Å². The smallest absolute Gasteiger partial charge is 0.266 e. The third-order valence-electron chi connectivity index (χ3n) is 1.97. The van der Waals surface area contributed by atoms with Crippen LogP contribution in [0.25, 0.3) is 0 Å². The van der Waals surface area contributed by atoms with Crippen LogP contribution < -0.4 is 10.5 Å². The summed E-state index contributed by atoms with van der Waals surface area (Å²) in [4.78, 5) is 3.61. The summed E-state index contributed by atoms with van der Waals surface area (Å²) in [6.07, 6.45) is 2.64. The number of halogens is 1. The summed E-state index contributed by atoms with van der Waals surface area (Å²) in [6.45, 7) is 0. The van der Waals surface area contributed by atoms with Gasteiger partial charge in [-0.15, -0.1) is 5.10 Å². The third-order valence-corrected chi connectivity index (χ3v) is 3.61. The number of hydrogen-bond donors (Lipinski definition) is 2. The van der Waals surface area contributed by atoms with Crippen molar-refractivity contribution in [1.29, 1.82) is 0 Å². The Morgan fingerprint density at radius 2 is 2.06 bits per heavy atom. The first-order valence-corrected chi connectivity index (χ1v) is 6.57. The van der Waals surface area contributed by atoms with E-state index in [1.807, 2.05) is 0 Å². The second-order valence-electron chi connectivity index (χ2n) is 3.25. The molecule has 18 heavy (non-hydrogen) atoms. The maximum absolute atomic E-state index is 12.0. The van der Waals surface area contributed by atoms with E-state index in [2.05, 4.69) is 19.9 Å². The van der Waals surface area contributed by atoms with Crippen molar-refractivity contribution in [1.82, 2.24) is 15.2 Å². The lowest BCUT2D eigenvalue weighted by atomic mass is 10.3. The van der Waals surface area contributed by atoms with Gasteiger partial charge in [0.05, 0.1) is 18.1 Å². The van der Waals surface area contributed by atoms with Gasteiger partial charge >= 0.3 is 0 Å². The van der Waals surface area contributed by atoms with E-state index in [0.29, 0.717) is 5.02 Å². The molecule has 94 valence electrons. The molecule has 9 heteroatoms. The lowest BCUT2D eigenvalue weighted by Crippen LogP contribution is -2.16. The lowest BCUT2D eigenvalue weighted by Gasteiger charge is -2.08. The summed E-state index contributed by atoms with van der Waals surface area (Å²) < 4.78 is 26.1. The van der Waals surface area contributed by atoms with E-state index in [-0.39, 0.29) is 16.5 Å². The van der Waals surface area contributed by atoms with E-state index in [1.54, 1.807) is 0 Å². The van der Waals surface area contributed by atoms with Gasteiger partial charge in [-0.3, -0.25) is 0 Å². The predicted molar refractivity (Wildman–Crippen MR) is 66.5 cm³/mol. The molecule has 1 heterocycles. The average Bonchev–Trinajstić information content (AvgIpc) is 2.29. The molecule has 3 N–H and O–H groups in total. The van der Waals surface area contributed by atoms with E-state index in [0.717, 1.165) is 0 Å². The number of nitrogen functional groups attached to an aromatic ring is 1. The summed E-state index contributed by atoms with van der Waals surface area (Å²) >= 11 is 5.70. The molecular formula is C9H8ClN5O2S. The molecule has 1 aromatic carbocycles. The van der Waals surface area contributed by atoms with Gasteiger partial charge in [0.1, 0.15) is 4.90 Å². The third kappa shape index (κ3) is 2.66. The van der Waals surface area contributed by atoms with E-state index < -0.39 is 10.0 Å². The Hall–Kier alpha value is -1.93. The Kier molecular flexibility index (Phi) is 3.30. The molecule has 0 unspecified atom stereocenters. The second-order valence-corrected chi connectivity index (χ2v) is 5.34. The van der Waals surface area contributed by atoms with E-state index in [9.17, 15) is 8.42 Å². The van der Waals surface area contributed by atoms with Crippen molar-refractivity contribution in [2.75, 3.05) is 10.5 Å². The Bertz CT molecular complexity index is 662. The van der Waals surface area contributed by atoms with Gasteiger partial charge in [0.25, 0.3) is 16.0 Å². The van der Waals surface area contributed by atoms with Crippen LogP contribution in [0.1, 0.15) is 0 Å². The first kappa shape index (κ1) is 12.5. The fourth-order valence-corrected chi connectivity index (χ4v) is 2.47. The minimum absolute atomic E-state index is 0.0406. The van der Waals surface area contributed by atoms with Crippen LogP contribution in [0.4, 0.5) is 11.6 Å². The fourth-order valence-electron chi connectivity index (χ4n) is 1.23. The first-order chi connectivity index (χ1) is 8.49. The Morgan fingerprint density at radius 1 is 1.28 bits per heavy atom. The molecule has 0 fully saturated rings. The fraction of sp³-hybridized carbons (Fsp3) is 0. The van der Waals surface area contributed by atoms with Crippen LogP contribution in [0.3, 0.4) is 0 Å². The number of hydrogen-bond acceptors (Lipinski definition) is 6. The molecule has 2 aromatic rings. The molecule has 0 spiro atoms. The maximum atomic E-state index is 12.0. The Balaban J connectivity index is 2.37. The number of nitrogens with two attached hydrogens (primary N) is 1. The Labute approximate surface area is 108 Å². The SMILES string of the molecule is Nc1cc(Cl)ccc1S(=O)(=O)Nc1nccnn1. The van der Waals surface area contributed by atoms with Crippen molar-refractivity contribution in [2.24, 2.45) is 0 Å². The summed E-state index contributed by atoms with van der Waals surface area (Å²) in [5, 5.41) is 7.38. The predicted octanol–water partition coefficient (Wildman–Crippen LogP) is 0.908. The molecule has 0 radical (unpaired) electrons. The molecular weight excluding hydrogens is 278 g/mol. The highest BCUT2D eigenvalue weighted by Crippen LogP contribution is 2.23. The quantitative estimate of drug-likeness (QED) is 0.811. The molecule has 0 saturated heterocycles. The number of rotatable bonds is 3. The van der Waals surface area contributed by atoms with E-state index in [4.69, 9.17) is 17.3 Å². The molecule has 1 aromatic heterocycles. The highest BCUT2D eigenvalue weighted by Gasteiger charge is 2.18. The van der Waals surface area contributed by atoms with Crippen LogP contribution in [0.2, 0.25) is 5.02 Å². The largest absolute Gasteiger partial charge is 0.398 e. The van der Waals surface area contributed by atoms with Gasteiger partial charge in [-0.05, 0) is 18.2 Å². The van der Waals surface area contributed by atoms with E-state index in [1.165, 1.54) is 30.6 Å². The molecule has 0 amide bonds. The molecule has 0 bridgehead atoms. The van der Waals surface area contributed by atoms with Crippen LogP contribution in [0, 0.1) is 0 Å². The zero-order valence-electron chi connectivity index (χ0n) is 8.91. The molecule has 0 aliphatic rings. The lowest BCUT2D eigenvalue weighted by molar-refractivity contribution is 0.601. The summed E-state index contributed by atoms with van der Waals surface area (Å²) in [5.74, 6) is -0.133. The summed E-state index contributed by atoms with van der Waals surface area (Å²) in [7, 11) is -3.86. The normalized spacial score (nSPS) is 11.2. The van der Waals surface area contributed by atoms with Gasteiger partial charge in [0.15, 0.2) is 0 Å². The van der Waals surface area contributed by atoms with Gasteiger partial charge < -0.3 is 5.73 Å². The van der Waals surface area contributed by atoms with Crippen molar-refractivity contribution in [2.45, 2.75) is 4.90 Å². The summed E-state index contributed by atoms with van der Waals surface area (Å²) in [6, 6.07) is 4.08. The average molecular weight is 286 g/mol. The molecule has 7 nitrogen and oxygen atoms in total. The minimum atomic E-state index is -3.86. The van der Waals surface area contributed by atoms with Crippen LogP contribution in [-0.2, 0) is 10.0 Å². The first-order valence-electron chi connectivity index (χ1n) is 4.70. The standard InChI is InChI=1S/C9H8ClN5O2S/c10-6-1-2-8(7(11)5-6)18(16,17)15-9-12-3-4-13-14-9/h1-5H,11H2,(H,12,14,15). The number of benzene rings is 1. The van der Waals surface area contributed by atoms with Crippen molar-refractivity contribution >= 4 is 33.3 Å². The number of nitrogens with zero attached hydrogens (tertiary/aromatic N) is 3. The van der Waals surface area contributed by atoms with Gasteiger partial charge in [-0.25, -0.2) is 18.1 Å². The molecule has 2 rings (SSSR count). The second kappa shape index (κ2) is 4.75. The minimum Gasteiger partial charge on any atom is -0.398 e. The van der Waals surface area contributed by atoms with E-state index >= 15 is 0 Å². The van der Waals surface area contributed by atoms with Gasteiger partial charge in [-0.1, -0.05) is 11.6 Å². The van der Waals surface area contributed by atoms with Crippen molar-refractivity contribution in [3.05, 3.63) is 35.6 Å². The number of aromatic nitrogens is 3. The number of anilines is 2. The zero-order valence-corrected chi connectivity index (χ0v) is 10.5. The van der Waals surface area contributed by atoms with Crippen molar-refractivity contribution < 1.29 is 8.42 Å². The number of nitrogens with one attached hydrogen (secondary N) is 1. The van der Waals surface area contributed by atoms with Gasteiger partial charge in [0, 0.05) is 5.02 Å². The highest BCUT2D eigenvalue weighted by molar-refractivity contribution is 7.92. The maximum Gasteiger partial charge on any atom is 0.266 e. The van der Waals surface area contributed by atoms with Crippen molar-refractivity contribution in [3.8, 4) is 0 Å². The monoisotopic (exact) mass is 285 g/mol. The zero-order chi connectivity index (χ0) is 13.2. The summed E-state index contributed by atoms with van der Waals surface area (Å²) in [5.41, 5.74) is 5.64. The Morgan fingerprint density at radius 3 is 2.67 bits per heavy atom. The molecule has 0 aliphatic carbocycles. The number of sulfonamides is 1. The molecule has 0 atom stereocenters. The topological polar surface area (TPSA) is 111 Å². The molecule has 0 saturated carbocycles. The van der Waals surface area contributed by atoms with Gasteiger partial charge in [-0.2, -0.15) is 5.10 Å². The van der Waals surface area contributed by atoms with Crippen molar-refractivity contribution in [3.63, 3.8) is 0 Å². The van der Waals surface area contributed by atoms with Gasteiger partial charge in [0.2, 0.25) is 0 Å². The van der Waals surface area contributed by atoms with Crippen LogP contribution >= 0.6 is 11.6 Å². The highest BCUT2D eigenvalue weighted by atomic mass is 35.5. The molecule has 0 aliphatic heterocycles. The van der Waals surface area contributed by atoms with Crippen LogP contribution in [0.5, 0.6) is 0 Å².